The Labute approximate surface area is 135 Å². The summed E-state index contributed by atoms with van der Waals surface area (Å²) in [6.07, 6.45) is 0.782. The van der Waals surface area contributed by atoms with Crippen molar-refractivity contribution < 1.29 is 14.7 Å². The van der Waals surface area contributed by atoms with E-state index < -0.39 is 17.8 Å². The van der Waals surface area contributed by atoms with Crippen molar-refractivity contribution in [3.63, 3.8) is 0 Å². The maximum Gasteiger partial charge on any atom is 0.315 e. The Bertz CT molecular complexity index is 703. The molecule has 120 valence electrons. The number of benzene rings is 1. The number of aliphatic carboxylic acids is 1. The normalized spacial score (nSPS) is 11.8. The standard InChI is InChI=1S/C18H20N2O3/c1-11-8-15(9-12(2)19-11)10-14-4-6-16(7-5-14)20-17(21)13(3)18(22)23/h4-9,13H,10H2,1-3H3,(H,20,21)(H,22,23). The maximum absolute atomic E-state index is 11.7. The molecule has 1 aromatic heterocycles. The molecule has 0 radical (unpaired) electrons. The van der Waals surface area contributed by atoms with Crippen LogP contribution >= 0.6 is 0 Å². The summed E-state index contributed by atoms with van der Waals surface area (Å²) < 4.78 is 0. The molecule has 1 atom stereocenters. The first-order valence-corrected chi connectivity index (χ1v) is 7.42. The molecule has 1 aromatic carbocycles. The molecule has 0 aliphatic heterocycles. The number of aromatic nitrogens is 1. The molecule has 0 saturated heterocycles. The topological polar surface area (TPSA) is 79.3 Å². The van der Waals surface area contributed by atoms with Gasteiger partial charge < -0.3 is 10.4 Å². The Kier molecular flexibility index (Phi) is 5.11. The van der Waals surface area contributed by atoms with Gasteiger partial charge in [-0.2, -0.15) is 0 Å². The molecule has 1 heterocycles. The van der Waals surface area contributed by atoms with E-state index in [2.05, 4.69) is 22.4 Å². The van der Waals surface area contributed by atoms with Gasteiger partial charge >= 0.3 is 5.97 Å². The first-order chi connectivity index (χ1) is 10.8. The molecule has 5 heteroatoms. The minimum Gasteiger partial charge on any atom is -0.481 e. The van der Waals surface area contributed by atoms with E-state index in [4.69, 9.17) is 5.11 Å². The second-order valence-electron chi connectivity index (χ2n) is 5.68. The number of nitrogens with one attached hydrogen (secondary N) is 1. The smallest absolute Gasteiger partial charge is 0.315 e. The summed E-state index contributed by atoms with van der Waals surface area (Å²) in [6, 6.07) is 11.5. The first-order valence-electron chi connectivity index (χ1n) is 7.42. The molecule has 0 spiro atoms. The lowest BCUT2D eigenvalue weighted by molar-refractivity contribution is -0.144. The van der Waals surface area contributed by atoms with Gasteiger partial charge in [-0.15, -0.1) is 0 Å². The summed E-state index contributed by atoms with van der Waals surface area (Å²) in [7, 11) is 0. The number of carboxylic acid groups (broad SMARTS) is 1. The highest BCUT2D eigenvalue weighted by Gasteiger charge is 2.20. The van der Waals surface area contributed by atoms with Crippen molar-refractivity contribution in [1.29, 1.82) is 0 Å². The van der Waals surface area contributed by atoms with E-state index >= 15 is 0 Å². The number of carboxylic acids is 1. The zero-order chi connectivity index (χ0) is 17.0. The maximum atomic E-state index is 11.7. The molecule has 1 amide bonds. The van der Waals surface area contributed by atoms with E-state index in [1.807, 2.05) is 26.0 Å². The van der Waals surface area contributed by atoms with Crippen LogP contribution in [0.4, 0.5) is 5.69 Å². The Morgan fingerprint density at radius 3 is 2.17 bits per heavy atom. The lowest BCUT2D eigenvalue weighted by Gasteiger charge is -2.09. The summed E-state index contributed by atoms with van der Waals surface area (Å²) in [5.41, 5.74) is 4.87. The van der Waals surface area contributed by atoms with Crippen molar-refractivity contribution >= 4 is 17.6 Å². The fourth-order valence-electron chi connectivity index (χ4n) is 2.33. The van der Waals surface area contributed by atoms with Gasteiger partial charge in [-0.25, -0.2) is 0 Å². The lowest BCUT2D eigenvalue weighted by Crippen LogP contribution is -2.26. The minimum atomic E-state index is -1.14. The molecule has 0 aliphatic rings. The van der Waals surface area contributed by atoms with Crippen molar-refractivity contribution in [2.75, 3.05) is 5.32 Å². The molecule has 0 aliphatic carbocycles. The van der Waals surface area contributed by atoms with Crippen molar-refractivity contribution in [1.82, 2.24) is 4.98 Å². The van der Waals surface area contributed by atoms with Crippen molar-refractivity contribution in [2.45, 2.75) is 27.2 Å². The number of carbonyl (C=O) groups is 2. The van der Waals surface area contributed by atoms with Gasteiger partial charge in [-0.3, -0.25) is 14.6 Å². The largest absolute Gasteiger partial charge is 0.481 e. The predicted octanol–water partition coefficient (Wildman–Crippen LogP) is 2.95. The summed E-state index contributed by atoms with van der Waals surface area (Å²) in [5.74, 6) is -2.73. The SMILES string of the molecule is Cc1cc(Cc2ccc(NC(=O)C(C)C(=O)O)cc2)cc(C)n1. The summed E-state index contributed by atoms with van der Waals surface area (Å²) in [4.78, 5) is 26.8. The van der Waals surface area contributed by atoms with Gasteiger partial charge in [0.2, 0.25) is 5.91 Å². The van der Waals surface area contributed by atoms with Gasteiger partial charge in [0.05, 0.1) is 0 Å². The van der Waals surface area contributed by atoms with Crippen molar-refractivity contribution in [3.8, 4) is 0 Å². The van der Waals surface area contributed by atoms with Crippen LogP contribution in [0.2, 0.25) is 0 Å². The van der Waals surface area contributed by atoms with Crippen LogP contribution in [0, 0.1) is 19.8 Å². The molecular weight excluding hydrogens is 292 g/mol. The fraction of sp³-hybridized carbons (Fsp3) is 0.278. The first kappa shape index (κ1) is 16.7. The highest BCUT2D eigenvalue weighted by Crippen LogP contribution is 2.15. The van der Waals surface area contributed by atoms with E-state index in [0.717, 1.165) is 23.4 Å². The van der Waals surface area contributed by atoms with Crippen LogP contribution in [-0.4, -0.2) is 22.0 Å². The van der Waals surface area contributed by atoms with Gasteiger partial charge in [0.25, 0.3) is 0 Å². The number of hydrogen-bond donors (Lipinski definition) is 2. The second-order valence-corrected chi connectivity index (χ2v) is 5.68. The van der Waals surface area contributed by atoms with Gasteiger partial charge in [-0.05, 0) is 62.6 Å². The fourth-order valence-corrected chi connectivity index (χ4v) is 2.33. The third-order valence-corrected chi connectivity index (χ3v) is 3.53. The Balaban J connectivity index is 2.04. The monoisotopic (exact) mass is 312 g/mol. The van der Waals surface area contributed by atoms with Crippen LogP contribution in [0.25, 0.3) is 0 Å². The number of aryl methyl sites for hydroxylation is 2. The molecule has 0 bridgehead atoms. The average molecular weight is 312 g/mol. The molecule has 2 rings (SSSR count). The van der Waals surface area contributed by atoms with Gasteiger partial charge in [0.15, 0.2) is 0 Å². The number of rotatable bonds is 5. The number of nitrogens with zero attached hydrogens (tertiary/aromatic N) is 1. The van der Waals surface area contributed by atoms with E-state index in [1.165, 1.54) is 12.5 Å². The van der Waals surface area contributed by atoms with Crippen LogP contribution in [0.5, 0.6) is 0 Å². The van der Waals surface area contributed by atoms with Crippen LogP contribution in [0.3, 0.4) is 0 Å². The highest BCUT2D eigenvalue weighted by molar-refractivity contribution is 6.03. The number of anilines is 1. The van der Waals surface area contributed by atoms with Crippen LogP contribution < -0.4 is 5.32 Å². The molecule has 2 N–H and O–H groups in total. The number of amides is 1. The molecule has 5 nitrogen and oxygen atoms in total. The quantitative estimate of drug-likeness (QED) is 0.832. The number of pyridine rings is 1. The Morgan fingerprint density at radius 1 is 1.09 bits per heavy atom. The third-order valence-electron chi connectivity index (χ3n) is 3.53. The van der Waals surface area contributed by atoms with E-state index in [9.17, 15) is 9.59 Å². The zero-order valence-corrected chi connectivity index (χ0v) is 13.5. The molecular formula is C18H20N2O3. The lowest BCUT2D eigenvalue weighted by atomic mass is 10.0. The average Bonchev–Trinajstić information content (AvgIpc) is 2.47. The number of carbonyl (C=O) groups excluding carboxylic acids is 1. The minimum absolute atomic E-state index is 0.523. The van der Waals surface area contributed by atoms with Crippen LogP contribution in [0.1, 0.15) is 29.4 Å². The second kappa shape index (κ2) is 7.05. The van der Waals surface area contributed by atoms with Gasteiger partial charge in [0, 0.05) is 17.1 Å². The Hall–Kier alpha value is -2.69. The predicted molar refractivity (Wildman–Crippen MR) is 88.4 cm³/mol. The third kappa shape index (κ3) is 4.64. The summed E-state index contributed by atoms with van der Waals surface area (Å²) >= 11 is 0. The van der Waals surface area contributed by atoms with Crippen molar-refractivity contribution in [3.05, 3.63) is 58.9 Å². The highest BCUT2D eigenvalue weighted by atomic mass is 16.4. The summed E-state index contributed by atoms with van der Waals surface area (Å²) in [6.45, 7) is 5.30. The molecule has 1 unspecified atom stereocenters. The Morgan fingerprint density at radius 2 is 1.65 bits per heavy atom. The van der Waals surface area contributed by atoms with Crippen LogP contribution in [-0.2, 0) is 16.0 Å². The molecule has 2 aromatic rings. The van der Waals surface area contributed by atoms with E-state index in [-0.39, 0.29) is 0 Å². The molecule has 23 heavy (non-hydrogen) atoms. The number of hydrogen-bond acceptors (Lipinski definition) is 3. The van der Waals surface area contributed by atoms with E-state index in [1.54, 1.807) is 12.1 Å². The summed E-state index contributed by atoms with van der Waals surface area (Å²) in [5, 5.41) is 11.4. The van der Waals surface area contributed by atoms with Crippen molar-refractivity contribution in [2.24, 2.45) is 5.92 Å². The van der Waals surface area contributed by atoms with Gasteiger partial charge in [-0.1, -0.05) is 12.1 Å². The molecule has 0 saturated carbocycles. The van der Waals surface area contributed by atoms with Gasteiger partial charge in [0.1, 0.15) is 5.92 Å². The van der Waals surface area contributed by atoms with Crippen LogP contribution in [0.15, 0.2) is 36.4 Å². The van der Waals surface area contributed by atoms with E-state index in [0.29, 0.717) is 5.69 Å². The zero-order valence-electron chi connectivity index (χ0n) is 13.5. The molecule has 0 fully saturated rings.